The van der Waals surface area contributed by atoms with Crippen molar-refractivity contribution in [3.63, 3.8) is 0 Å². The standard InChI is InChI=1S/C14H12F2O5/c1-19-13(18)11-6-5-10(21-11)12(17)8-3-2-4-9(7-8)20-14(15)16/h2-7,12,14,17H,1H3. The van der Waals surface area contributed by atoms with E-state index in [1.165, 1.54) is 43.5 Å². The lowest BCUT2D eigenvalue weighted by molar-refractivity contribution is -0.0499. The average molecular weight is 298 g/mol. The van der Waals surface area contributed by atoms with Gasteiger partial charge in [-0.15, -0.1) is 0 Å². The highest BCUT2D eigenvalue weighted by molar-refractivity contribution is 5.86. The zero-order chi connectivity index (χ0) is 15.4. The predicted molar refractivity (Wildman–Crippen MR) is 67.2 cm³/mol. The van der Waals surface area contributed by atoms with E-state index in [-0.39, 0.29) is 17.3 Å². The first kappa shape index (κ1) is 15.0. The molecule has 7 heteroatoms. The molecule has 1 aromatic carbocycles. The van der Waals surface area contributed by atoms with Gasteiger partial charge in [0, 0.05) is 0 Å². The van der Waals surface area contributed by atoms with Crippen LogP contribution in [0.3, 0.4) is 0 Å². The second-order valence-corrected chi connectivity index (χ2v) is 4.05. The van der Waals surface area contributed by atoms with Crippen LogP contribution in [-0.4, -0.2) is 24.8 Å². The van der Waals surface area contributed by atoms with Crippen molar-refractivity contribution in [2.45, 2.75) is 12.7 Å². The lowest BCUT2D eigenvalue weighted by Gasteiger charge is -2.10. The van der Waals surface area contributed by atoms with Crippen LogP contribution in [0.5, 0.6) is 5.75 Å². The molecular formula is C14H12F2O5. The summed E-state index contributed by atoms with van der Waals surface area (Å²) in [7, 11) is 1.20. The molecule has 0 fully saturated rings. The molecule has 1 unspecified atom stereocenters. The van der Waals surface area contributed by atoms with E-state index in [9.17, 15) is 18.7 Å². The summed E-state index contributed by atoms with van der Waals surface area (Å²) < 4.78 is 38.2. The Bertz CT molecular complexity index is 623. The number of hydrogen-bond acceptors (Lipinski definition) is 5. The van der Waals surface area contributed by atoms with Crippen LogP contribution in [-0.2, 0) is 4.74 Å². The fourth-order valence-corrected chi connectivity index (χ4v) is 1.74. The summed E-state index contributed by atoms with van der Waals surface area (Å²) in [6, 6.07) is 8.33. The molecule has 5 nitrogen and oxygen atoms in total. The van der Waals surface area contributed by atoms with Crippen LogP contribution in [0, 0.1) is 0 Å². The van der Waals surface area contributed by atoms with Gasteiger partial charge in [0.2, 0.25) is 5.76 Å². The Morgan fingerprint density at radius 1 is 1.29 bits per heavy atom. The van der Waals surface area contributed by atoms with Crippen molar-refractivity contribution >= 4 is 5.97 Å². The van der Waals surface area contributed by atoms with E-state index in [2.05, 4.69) is 9.47 Å². The Morgan fingerprint density at radius 3 is 2.71 bits per heavy atom. The van der Waals surface area contributed by atoms with E-state index in [0.717, 1.165) is 0 Å². The quantitative estimate of drug-likeness (QED) is 0.860. The largest absolute Gasteiger partial charge is 0.463 e. The molecule has 1 heterocycles. The van der Waals surface area contributed by atoms with Gasteiger partial charge in [0.15, 0.2) is 0 Å². The molecule has 2 aromatic rings. The minimum atomic E-state index is -2.95. The number of carbonyl (C=O) groups excluding carboxylic acids is 1. The van der Waals surface area contributed by atoms with E-state index in [1.54, 1.807) is 0 Å². The third kappa shape index (κ3) is 3.57. The van der Waals surface area contributed by atoms with Gasteiger partial charge in [-0.3, -0.25) is 0 Å². The van der Waals surface area contributed by atoms with Gasteiger partial charge in [0.25, 0.3) is 0 Å². The molecule has 2 rings (SSSR count). The first-order valence-corrected chi connectivity index (χ1v) is 5.92. The van der Waals surface area contributed by atoms with Crippen molar-refractivity contribution < 1.29 is 32.6 Å². The van der Waals surface area contributed by atoms with E-state index < -0.39 is 18.7 Å². The highest BCUT2D eigenvalue weighted by Crippen LogP contribution is 2.27. The first-order chi connectivity index (χ1) is 10.0. The zero-order valence-corrected chi connectivity index (χ0v) is 11.0. The second-order valence-electron chi connectivity index (χ2n) is 4.05. The fraction of sp³-hybridized carbons (Fsp3) is 0.214. The van der Waals surface area contributed by atoms with Crippen LogP contribution in [0.15, 0.2) is 40.8 Å². The SMILES string of the molecule is COC(=O)c1ccc(C(O)c2cccc(OC(F)F)c2)o1. The monoisotopic (exact) mass is 298 g/mol. The lowest BCUT2D eigenvalue weighted by atomic mass is 10.1. The Hall–Kier alpha value is -2.41. The van der Waals surface area contributed by atoms with Gasteiger partial charge in [-0.1, -0.05) is 12.1 Å². The smallest absolute Gasteiger partial charge is 0.387 e. The van der Waals surface area contributed by atoms with Crippen molar-refractivity contribution in [3.8, 4) is 5.75 Å². The topological polar surface area (TPSA) is 68.9 Å². The number of esters is 1. The van der Waals surface area contributed by atoms with Gasteiger partial charge in [-0.05, 0) is 29.8 Å². The minimum absolute atomic E-state index is 0.0634. The molecule has 1 atom stereocenters. The Morgan fingerprint density at radius 2 is 2.05 bits per heavy atom. The van der Waals surface area contributed by atoms with E-state index in [1.807, 2.05) is 0 Å². The fourth-order valence-electron chi connectivity index (χ4n) is 1.74. The van der Waals surface area contributed by atoms with Crippen molar-refractivity contribution in [1.29, 1.82) is 0 Å². The number of alkyl halides is 2. The summed E-state index contributed by atoms with van der Waals surface area (Å²) in [5.74, 6) is -0.735. The number of methoxy groups -OCH3 is 1. The molecule has 0 aliphatic rings. The number of benzene rings is 1. The zero-order valence-electron chi connectivity index (χ0n) is 11.0. The summed E-state index contributed by atoms with van der Waals surface area (Å²) in [6.07, 6.45) is -1.22. The molecule has 0 aliphatic heterocycles. The number of aliphatic hydroxyl groups excluding tert-OH is 1. The van der Waals surface area contributed by atoms with Crippen molar-refractivity contribution in [1.82, 2.24) is 0 Å². The first-order valence-electron chi connectivity index (χ1n) is 5.92. The number of carbonyl (C=O) groups is 1. The van der Waals surface area contributed by atoms with E-state index in [0.29, 0.717) is 5.56 Å². The van der Waals surface area contributed by atoms with Crippen molar-refractivity contribution in [2.24, 2.45) is 0 Å². The highest BCUT2D eigenvalue weighted by atomic mass is 19.3. The molecule has 0 saturated heterocycles. The number of ether oxygens (including phenoxy) is 2. The number of furan rings is 1. The molecule has 0 saturated carbocycles. The molecule has 0 amide bonds. The summed E-state index contributed by atoms with van der Waals surface area (Å²) in [6.45, 7) is -2.95. The number of hydrogen-bond donors (Lipinski definition) is 1. The number of aliphatic hydroxyl groups is 1. The van der Waals surface area contributed by atoms with Crippen LogP contribution in [0.1, 0.15) is 28.0 Å². The van der Waals surface area contributed by atoms with E-state index >= 15 is 0 Å². The van der Waals surface area contributed by atoms with E-state index in [4.69, 9.17) is 4.42 Å². The van der Waals surface area contributed by atoms with Gasteiger partial charge in [-0.2, -0.15) is 8.78 Å². The summed E-state index contributed by atoms with van der Waals surface area (Å²) >= 11 is 0. The summed E-state index contributed by atoms with van der Waals surface area (Å²) in [4.78, 5) is 11.3. The molecule has 21 heavy (non-hydrogen) atoms. The molecule has 0 bridgehead atoms. The molecule has 1 aromatic heterocycles. The van der Waals surface area contributed by atoms with Gasteiger partial charge < -0.3 is 19.0 Å². The van der Waals surface area contributed by atoms with Gasteiger partial charge in [-0.25, -0.2) is 4.79 Å². The van der Waals surface area contributed by atoms with Crippen LogP contribution in [0.2, 0.25) is 0 Å². The minimum Gasteiger partial charge on any atom is -0.463 e. The second kappa shape index (κ2) is 6.36. The summed E-state index contributed by atoms with van der Waals surface area (Å²) in [5.41, 5.74) is 0.291. The maximum absolute atomic E-state index is 12.2. The number of rotatable bonds is 5. The predicted octanol–water partition coefficient (Wildman–Crippen LogP) is 2.75. The van der Waals surface area contributed by atoms with Gasteiger partial charge in [0.1, 0.15) is 17.6 Å². The van der Waals surface area contributed by atoms with Crippen LogP contribution in [0.4, 0.5) is 8.78 Å². The molecule has 0 aliphatic carbocycles. The van der Waals surface area contributed by atoms with Gasteiger partial charge in [0.05, 0.1) is 7.11 Å². The molecule has 0 spiro atoms. The van der Waals surface area contributed by atoms with Gasteiger partial charge >= 0.3 is 12.6 Å². The maximum atomic E-state index is 12.2. The Kier molecular flexibility index (Phi) is 4.54. The van der Waals surface area contributed by atoms with Crippen molar-refractivity contribution in [3.05, 3.63) is 53.5 Å². The lowest BCUT2D eigenvalue weighted by Crippen LogP contribution is -2.04. The van der Waals surface area contributed by atoms with Crippen LogP contribution >= 0.6 is 0 Å². The highest BCUT2D eigenvalue weighted by Gasteiger charge is 2.19. The van der Waals surface area contributed by atoms with Crippen LogP contribution in [0.25, 0.3) is 0 Å². The molecule has 0 radical (unpaired) electrons. The molecule has 112 valence electrons. The molecule has 1 N–H and O–H groups in total. The van der Waals surface area contributed by atoms with Crippen molar-refractivity contribution in [2.75, 3.05) is 7.11 Å². The average Bonchev–Trinajstić information content (AvgIpc) is 2.95. The third-order valence-electron chi connectivity index (χ3n) is 2.68. The Labute approximate surface area is 118 Å². The Balaban J connectivity index is 2.21. The third-order valence-corrected chi connectivity index (χ3v) is 2.68. The molecular weight excluding hydrogens is 286 g/mol. The number of halogens is 2. The maximum Gasteiger partial charge on any atom is 0.387 e. The van der Waals surface area contributed by atoms with Crippen LogP contribution < -0.4 is 4.74 Å². The summed E-state index contributed by atoms with van der Waals surface area (Å²) in [5, 5.41) is 10.1. The normalized spacial score (nSPS) is 12.2.